The molecule has 1 heterocycles. The molecule has 3 aromatic rings. The van der Waals surface area contributed by atoms with Crippen molar-refractivity contribution >= 4 is 35.0 Å². The number of anilines is 2. The van der Waals surface area contributed by atoms with Crippen molar-refractivity contribution in [1.29, 1.82) is 5.26 Å². The van der Waals surface area contributed by atoms with Gasteiger partial charge in [-0.2, -0.15) is 10.4 Å². The molecular formula is C28H33ClN6O2. The molecule has 0 aliphatic heterocycles. The van der Waals surface area contributed by atoms with Gasteiger partial charge in [0, 0.05) is 23.7 Å². The number of rotatable bonds is 9. The van der Waals surface area contributed by atoms with Gasteiger partial charge < -0.3 is 15.5 Å². The maximum Gasteiger partial charge on any atom is 0.322 e. The van der Waals surface area contributed by atoms with E-state index in [1.807, 2.05) is 45.0 Å². The van der Waals surface area contributed by atoms with E-state index in [2.05, 4.69) is 23.6 Å². The molecule has 8 nitrogen and oxygen atoms in total. The van der Waals surface area contributed by atoms with Crippen molar-refractivity contribution in [1.82, 2.24) is 14.7 Å². The van der Waals surface area contributed by atoms with Gasteiger partial charge in [0.05, 0.1) is 28.0 Å². The second kappa shape index (κ2) is 12.4. The van der Waals surface area contributed by atoms with Gasteiger partial charge in [0.1, 0.15) is 12.4 Å². The van der Waals surface area contributed by atoms with E-state index in [0.29, 0.717) is 34.3 Å². The summed E-state index contributed by atoms with van der Waals surface area (Å²) in [6.45, 7) is 8.50. The second-order valence-corrected chi connectivity index (χ2v) is 10.2. The molecule has 2 aromatic carbocycles. The zero-order chi connectivity index (χ0) is 27.0. The Labute approximate surface area is 223 Å². The zero-order valence-corrected chi connectivity index (χ0v) is 22.5. The maximum atomic E-state index is 13.2. The molecule has 0 bridgehead atoms. The van der Waals surface area contributed by atoms with Gasteiger partial charge in [0.15, 0.2) is 0 Å². The molecule has 3 amide bonds. The summed E-state index contributed by atoms with van der Waals surface area (Å²) in [5.41, 5.74) is 2.24. The minimum Gasteiger partial charge on any atom is -0.315 e. The Hall–Kier alpha value is -3.83. The summed E-state index contributed by atoms with van der Waals surface area (Å²) in [5, 5.41) is 20.0. The molecule has 0 saturated carbocycles. The molecule has 0 aliphatic carbocycles. The number of amides is 3. The standard InChI is InChI=1S/C28H33ClN6O2/c1-5-6-9-16-34(27(37)31-21-14-12-20(18-30)13-15-21)19-26(36)32-25-17-24(28(2,3)4)33-35(25)23-11-8-7-10-22(23)29/h7-8,10-15,17H,5-6,9,16,19H2,1-4H3,(H,31,37)(H,32,36). The van der Waals surface area contributed by atoms with Crippen LogP contribution in [0, 0.1) is 11.3 Å². The zero-order valence-electron chi connectivity index (χ0n) is 21.7. The summed E-state index contributed by atoms with van der Waals surface area (Å²) in [5.74, 6) is 0.129. The first-order valence-corrected chi connectivity index (χ1v) is 12.7. The average molecular weight is 521 g/mol. The van der Waals surface area contributed by atoms with Crippen LogP contribution in [0.5, 0.6) is 0 Å². The lowest BCUT2D eigenvalue weighted by molar-refractivity contribution is -0.116. The molecule has 0 saturated heterocycles. The molecule has 194 valence electrons. The number of urea groups is 1. The number of halogens is 1. The molecular weight excluding hydrogens is 488 g/mol. The lowest BCUT2D eigenvalue weighted by Gasteiger charge is -2.23. The van der Waals surface area contributed by atoms with E-state index >= 15 is 0 Å². The smallest absolute Gasteiger partial charge is 0.315 e. The number of benzene rings is 2. The highest BCUT2D eigenvalue weighted by Gasteiger charge is 2.24. The van der Waals surface area contributed by atoms with Gasteiger partial charge in [-0.15, -0.1) is 0 Å². The second-order valence-electron chi connectivity index (χ2n) is 9.82. The summed E-state index contributed by atoms with van der Waals surface area (Å²) >= 11 is 6.43. The van der Waals surface area contributed by atoms with Crippen molar-refractivity contribution in [3.8, 4) is 11.8 Å². The van der Waals surface area contributed by atoms with Crippen LogP contribution in [0.1, 0.15) is 58.2 Å². The van der Waals surface area contributed by atoms with Crippen molar-refractivity contribution in [3.63, 3.8) is 0 Å². The molecule has 1 aromatic heterocycles. The van der Waals surface area contributed by atoms with Crippen LogP contribution in [-0.4, -0.2) is 39.7 Å². The number of unbranched alkanes of at least 4 members (excludes halogenated alkanes) is 2. The van der Waals surface area contributed by atoms with Gasteiger partial charge in [-0.3, -0.25) is 4.79 Å². The van der Waals surface area contributed by atoms with Crippen LogP contribution < -0.4 is 10.6 Å². The van der Waals surface area contributed by atoms with Crippen LogP contribution in [0.3, 0.4) is 0 Å². The SMILES string of the molecule is CCCCCN(CC(=O)Nc1cc(C(C)(C)C)nn1-c1ccccc1Cl)C(=O)Nc1ccc(C#N)cc1. The van der Waals surface area contributed by atoms with Crippen molar-refractivity contribution in [2.45, 2.75) is 52.4 Å². The normalized spacial score (nSPS) is 11.0. The van der Waals surface area contributed by atoms with Crippen molar-refractivity contribution < 1.29 is 9.59 Å². The predicted molar refractivity (Wildman–Crippen MR) is 147 cm³/mol. The van der Waals surface area contributed by atoms with E-state index in [1.54, 1.807) is 35.0 Å². The number of carbonyl (C=O) groups is 2. The number of para-hydroxylation sites is 1. The van der Waals surface area contributed by atoms with E-state index in [4.69, 9.17) is 22.0 Å². The van der Waals surface area contributed by atoms with Gasteiger partial charge in [-0.05, 0) is 42.8 Å². The first-order chi connectivity index (χ1) is 17.6. The topological polar surface area (TPSA) is 103 Å². The summed E-state index contributed by atoms with van der Waals surface area (Å²) in [6, 6.07) is 17.4. The highest BCUT2D eigenvalue weighted by atomic mass is 35.5. The van der Waals surface area contributed by atoms with Crippen LogP contribution in [0.25, 0.3) is 5.69 Å². The van der Waals surface area contributed by atoms with Gasteiger partial charge in [0.25, 0.3) is 0 Å². The maximum absolute atomic E-state index is 13.2. The lowest BCUT2D eigenvalue weighted by Crippen LogP contribution is -2.41. The number of aromatic nitrogens is 2. The van der Waals surface area contributed by atoms with Crippen LogP contribution in [0.2, 0.25) is 5.02 Å². The van der Waals surface area contributed by atoms with Gasteiger partial charge in [0.2, 0.25) is 5.91 Å². The summed E-state index contributed by atoms with van der Waals surface area (Å²) in [6.07, 6.45) is 2.71. The Morgan fingerprint density at radius 1 is 1.08 bits per heavy atom. The molecule has 37 heavy (non-hydrogen) atoms. The minimum atomic E-state index is -0.383. The number of nitrogens with one attached hydrogen (secondary N) is 2. The summed E-state index contributed by atoms with van der Waals surface area (Å²) in [7, 11) is 0. The van der Waals surface area contributed by atoms with E-state index in [0.717, 1.165) is 25.0 Å². The number of hydrogen-bond donors (Lipinski definition) is 2. The monoisotopic (exact) mass is 520 g/mol. The van der Waals surface area contributed by atoms with E-state index < -0.39 is 0 Å². The van der Waals surface area contributed by atoms with E-state index in [-0.39, 0.29) is 23.9 Å². The molecule has 3 rings (SSSR count). The molecule has 0 aliphatic rings. The average Bonchev–Trinajstić information content (AvgIpc) is 3.28. The minimum absolute atomic E-state index is 0.135. The van der Waals surface area contributed by atoms with E-state index in [1.165, 1.54) is 4.90 Å². The van der Waals surface area contributed by atoms with Crippen LogP contribution in [-0.2, 0) is 10.2 Å². The summed E-state index contributed by atoms with van der Waals surface area (Å²) in [4.78, 5) is 27.7. The third-order valence-corrected chi connectivity index (χ3v) is 6.06. The highest BCUT2D eigenvalue weighted by Crippen LogP contribution is 2.29. The summed E-state index contributed by atoms with van der Waals surface area (Å²) < 4.78 is 1.62. The fraction of sp³-hybridized carbons (Fsp3) is 0.357. The van der Waals surface area contributed by atoms with E-state index in [9.17, 15) is 9.59 Å². The van der Waals surface area contributed by atoms with Crippen LogP contribution in [0.15, 0.2) is 54.6 Å². The molecule has 2 N–H and O–H groups in total. The fourth-order valence-electron chi connectivity index (χ4n) is 3.64. The van der Waals surface area contributed by atoms with Crippen LogP contribution in [0.4, 0.5) is 16.3 Å². The fourth-order valence-corrected chi connectivity index (χ4v) is 3.85. The predicted octanol–water partition coefficient (Wildman–Crippen LogP) is 6.36. The first-order valence-electron chi connectivity index (χ1n) is 12.3. The number of nitrogens with zero attached hydrogens (tertiary/aromatic N) is 4. The molecule has 9 heteroatoms. The Morgan fingerprint density at radius 3 is 2.41 bits per heavy atom. The van der Waals surface area contributed by atoms with Gasteiger partial charge >= 0.3 is 6.03 Å². The molecule has 0 fully saturated rings. The Kier molecular flexibility index (Phi) is 9.31. The molecule has 0 spiro atoms. The van der Waals surface area contributed by atoms with Crippen molar-refractivity contribution in [2.75, 3.05) is 23.7 Å². The van der Waals surface area contributed by atoms with Crippen LogP contribution >= 0.6 is 11.6 Å². The lowest BCUT2D eigenvalue weighted by atomic mass is 9.92. The largest absolute Gasteiger partial charge is 0.322 e. The third-order valence-electron chi connectivity index (χ3n) is 5.74. The van der Waals surface area contributed by atoms with Crippen molar-refractivity contribution in [3.05, 3.63) is 70.9 Å². The highest BCUT2D eigenvalue weighted by molar-refractivity contribution is 6.32. The quantitative estimate of drug-likeness (QED) is 0.320. The first kappa shape index (κ1) is 27.8. The molecule has 0 radical (unpaired) electrons. The Bertz CT molecular complexity index is 1270. The Balaban J connectivity index is 1.80. The van der Waals surface area contributed by atoms with Crippen molar-refractivity contribution in [2.24, 2.45) is 0 Å². The number of carbonyl (C=O) groups excluding carboxylic acids is 2. The van der Waals surface area contributed by atoms with Gasteiger partial charge in [-0.1, -0.05) is 64.3 Å². The Morgan fingerprint density at radius 2 is 1.78 bits per heavy atom. The molecule has 0 atom stereocenters. The molecule has 0 unspecified atom stereocenters. The van der Waals surface area contributed by atoms with Gasteiger partial charge in [-0.25, -0.2) is 9.48 Å². The number of hydrogen-bond acceptors (Lipinski definition) is 4. The third kappa shape index (κ3) is 7.58. The number of nitriles is 1.